The second-order valence-electron chi connectivity index (χ2n) is 13.7. The fourth-order valence-electron chi connectivity index (χ4n) is 7.17. The van der Waals surface area contributed by atoms with Crippen molar-refractivity contribution in [3.63, 3.8) is 0 Å². The van der Waals surface area contributed by atoms with Gasteiger partial charge in [0.1, 0.15) is 11.9 Å². The van der Waals surface area contributed by atoms with Crippen molar-refractivity contribution in [2.24, 2.45) is 11.8 Å². The number of piperidine rings is 1. The number of halogens is 4. The number of aliphatic carboxylic acids is 1. The summed E-state index contributed by atoms with van der Waals surface area (Å²) >= 11 is 0. The zero-order valence-corrected chi connectivity index (χ0v) is 28.4. The van der Waals surface area contributed by atoms with E-state index in [1.165, 1.54) is 29.2 Å². The lowest BCUT2D eigenvalue weighted by Crippen LogP contribution is -2.46. The molecule has 8 nitrogen and oxygen atoms in total. The highest BCUT2D eigenvalue weighted by molar-refractivity contribution is 5.98. The molecule has 2 fully saturated rings. The Balaban J connectivity index is 1.44. The summed E-state index contributed by atoms with van der Waals surface area (Å²) in [5.74, 6) is -4.20. The van der Waals surface area contributed by atoms with Crippen LogP contribution in [-0.2, 0) is 22.3 Å². The molecule has 0 unspecified atom stereocenters. The van der Waals surface area contributed by atoms with Crippen LogP contribution >= 0.6 is 0 Å². The highest BCUT2D eigenvalue weighted by Crippen LogP contribution is 2.40. The average molecular weight is 697 g/mol. The van der Waals surface area contributed by atoms with E-state index in [1.54, 1.807) is 26.8 Å². The SMILES string of the molecule is Cc1cccc(F)c1C(=O)N1CCC[C@H](C(=O)Nc2ccc(CN[C@@H](C(=O)O)C(C)C)c(C(F)(F)F)c2)[C@@H]1c1ccc(NC2CCCC2)cc1. The lowest BCUT2D eigenvalue weighted by Gasteiger charge is -2.41. The van der Waals surface area contributed by atoms with Crippen LogP contribution in [0.5, 0.6) is 0 Å². The van der Waals surface area contributed by atoms with Gasteiger partial charge in [-0.3, -0.25) is 14.4 Å². The second-order valence-corrected chi connectivity index (χ2v) is 13.7. The lowest BCUT2D eigenvalue weighted by molar-refractivity contribution is -0.140. The quantitative estimate of drug-likeness (QED) is 0.152. The minimum absolute atomic E-state index is 0.0836. The summed E-state index contributed by atoms with van der Waals surface area (Å²) in [4.78, 5) is 41.1. The molecular weight excluding hydrogens is 652 g/mol. The van der Waals surface area contributed by atoms with Crippen LogP contribution in [0.25, 0.3) is 0 Å². The van der Waals surface area contributed by atoms with Gasteiger partial charge in [0.05, 0.1) is 23.1 Å². The van der Waals surface area contributed by atoms with E-state index in [9.17, 15) is 32.7 Å². The van der Waals surface area contributed by atoms with Gasteiger partial charge in [-0.1, -0.05) is 57.0 Å². The van der Waals surface area contributed by atoms with E-state index in [2.05, 4.69) is 16.0 Å². The largest absolute Gasteiger partial charge is 0.480 e. The molecule has 3 aromatic carbocycles. The first-order valence-corrected chi connectivity index (χ1v) is 17.1. The van der Waals surface area contributed by atoms with Gasteiger partial charge < -0.3 is 26.0 Å². The number of hydrogen-bond acceptors (Lipinski definition) is 5. The van der Waals surface area contributed by atoms with Gasteiger partial charge in [0.2, 0.25) is 5.91 Å². The summed E-state index contributed by atoms with van der Waals surface area (Å²) in [7, 11) is 0. The van der Waals surface area contributed by atoms with Crippen molar-refractivity contribution in [1.29, 1.82) is 0 Å². The lowest BCUT2D eigenvalue weighted by atomic mass is 9.83. The molecule has 2 amide bonds. The second kappa shape index (κ2) is 15.6. The number of anilines is 2. The molecule has 1 heterocycles. The molecule has 1 aliphatic heterocycles. The average Bonchev–Trinajstić information content (AvgIpc) is 3.57. The van der Waals surface area contributed by atoms with Gasteiger partial charge >= 0.3 is 12.1 Å². The van der Waals surface area contributed by atoms with Gasteiger partial charge in [-0.15, -0.1) is 0 Å². The Hall–Kier alpha value is -4.45. The number of hydrogen-bond donors (Lipinski definition) is 4. The summed E-state index contributed by atoms with van der Waals surface area (Å²) in [6.07, 6.45) is 0.461. The van der Waals surface area contributed by atoms with Gasteiger partial charge in [-0.05, 0) is 85.5 Å². The van der Waals surface area contributed by atoms with E-state index in [0.717, 1.165) is 37.4 Å². The van der Waals surface area contributed by atoms with Gasteiger partial charge in [0, 0.05) is 30.5 Å². The van der Waals surface area contributed by atoms with Crippen LogP contribution in [0.3, 0.4) is 0 Å². The molecule has 1 saturated carbocycles. The van der Waals surface area contributed by atoms with Crippen LogP contribution in [0.15, 0.2) is 60.7 Å². The zero-order valence-electron chi connectivity index (χ0n) is 28.4. The molecule has 50 heavy (non-hydrogen) atoms. The topological polar surface area (TPSA) is 111 Å². The molecule has 3 atom stereocenters. The molecule has 268 valence electrons. The van der Waals surface area contributed by atoms with Crippen molar-refractivity contribution in [2.45, 2.75) is 90.1 Å². The maximum atomic E-state index is 15.1. The highest BCUT2D eigenvalue weighted by Gasteiger charge is 2.41. The minimum Gasteiger partial charge on any atom is -0.480 e. The fraction of sp³-hybridized carbons (Fsp3) is 0.447. The number of nitrogens with one attached hydrogen (secondary N) is 3. The Labute approximate surface area is 289 Å². The van der Waals surface area contributed by atoms with Crippen LogP contribution in [0.4, 0.5) is 28.9 Å². The predicted octanol–water partition coefficient (Wildman–Crippen LogP) is 7.94. The summed E-state index contributed by atoms with van der Waals surface area (Å²) in [5.41, 5.74) is 0.660. The Morgan fingerprint density at radius 3 is 2.24 bits per heavy atom. The molecule has 0 bridgehead atoms. The first kappa shape index (κ1) is 36.8. The molecule has 4 N–H and O–H groups in total. The summed E-state index contributed by atoms with van der Waals surface area (Å²) < 4.78 is 57.8. The van der Waals surface area contributed by atoms with Crippen LogP contribution in [0.1, 0.15) is 91.0 Å². The van der Waals surface area contributed by atoms with E-state index in [0.29, 0.717) is 30.0 Å². The number of aryl methyl sites for hydroxylation is 1. The van der Waals surface area contributed by atoms with Crippen molar-refractivity contribution >= 4 is 29.2 Å². The van der Waals surface area contributed by atoms with E-state index >= 15 is 4.39 Å². The Morgan fingerprint density at radius 1 is 0.940 bits per heavy atom. The molecule has 2 aliphatic rings. The fourth-order valence-corrected chi connectivity index (χ4v) is 7.17. The summed E-state index contributed by atoms with van der Waals surface area (Å²) in [6.45, 7) is 4.87. The van der Waals surface area contributed by atoms with E-state index < -0.39 is 53.3 Å². The van der Waals surface area contributed by atoms with Crippen molar-refractivity contribution in [2.75, 3.05) is 17.2 Å². The van der Waals surface area contributed by atoms with E-state index in [1.807, 2.05) is 24.3 Å². The van der Waals surface area contributed by atoms with Crippen LogP contribution < -0.4 is 16.0 Å². The van der Waals surface area contributed by atoms with Gasteiger partial charge in [-0.25, -0.2) is 4.39 Å². The monoisotopic (exact) mass is 696 g/mol. The molecule has 0 radical (unpaired) electrons. The van der Waals surface area contributed by atoms with Crippen LogP contribution in [-0.4, -0.2) is 46.4 Å². The standard InChI is InChI=1S/C38H44F4N4O4/c1-22(2)33(37(49)50)43-21-25-15-18-28(20-30(25)38(40,41)42)45-35(47)29-11-7-19-46(36(48)32-23(3)8-6-12-31(32)39)34(29)24-13-16-27(17-14-24)44-26-9-4-5-10-26/h6,8,12-18,20,22,26,29,33-34,43-44H,4-5,7,9-11,19,21H2,1-3H3,(H,45,47)(H,49,50)/t29-,33+,34-/m0/s1. The summed E-state index contributed by atoms with van der Waals surface area (Å²) in [5, 5.41) is 18.3. The van der Waals surface area contributed by atoms with Crippen molar-refractivity contribution in [3.8, 4) is 0 Å². The summed E-state index contributed by atoms with van der Waals surface area (Å²) in [6, 6.07) is 13.8. The number of rotatable bonds is 11. The van der Waals surface area contributed by atoms with Gasteiger partial charge in [0.25, 0.3) is 5.91 Å². The number of carboxylic acids is 1. The number of carbonyl (C=O) groups is 3. The molecule has 12 heteroatoms. The van der Waals surface area contributed by atoms with Crippen molar-refractivity contribution in [3.05, 3.63) is 94.3 Å². The third kappa shape index (κ3) is 8.46. The van der Waals surface area contributed by atoms with Gasteiger partial charge in [-0.2, -0.15) is 13.2 Å². The smallest absolute Gasteiger partial charge is 0.416 e. The van der Waals surface area contributed by atoms with E-state index in [4.69, 9.17) is 0 Å². The number of benzene rings is 3. The maximum Gasteiger partial charge on any atom is 0.416 e. The minimum atomic E-state index is -4.78. The van der Waals surface area contributed by atoms with E-state index in [-0.39, 0.29) is 35.8 Å². The zero-order chi connectivity index (χ0) is 36.2. The number of amides is 2. The van der Waals surface area contributed by atoms with Crippen molar-refractivity contribution < 1.29 is 37.1 Å². The molecule has 0 spiro atoms. The number of nitrogens with zero attached hydrogens (tertiary/aromatic N) is 1. The molecule has 0 aromatic heterocycles. The first-order valence-electron chi connectivity index (χ1n) is 17.1. The molecule has 3 aromatic rings. The maximum absolute atomic E-state index is 15.1. The van der Waals surface area contributed by atoms with Gasteiger partial charge in [0.15, 0.2) is 0 Å². The van der Waals surface area contributed by atoms with Crippen molar-refractivity contribution in [1.82, 2.24) is 10.2 Å². The third-order valence-corrected chi connectivity index (χ3v) is 9.77. The molecule has 1 aliphatic carbocycles. The van der Waals surface area contributed by atoms with Crippen LogP contribution in [0, 0.1) is 24.6 Å². The Kier molecular flexibility index (Phi) is 11.5. The normalized spacial score (nSPS) is 19.0. The molecular formula is C38H44F4N4O4. The first-order chi connectivity index (χ1) is 23.7. The molecule has 1 saturated heterocycles. The number of carbonyl (C=O) groups excluding carboxylic acids is 2. The third-order valence-electron chi connectivity index (χ3n) is 9.77. The Bertz CT molecular complexity index is 1670. The molecule has 5 rings (SSSR count). The Morgan fingerprint density at radius 2 is 1.62 bits per heavy atom. The van der Waals surface area contributed by atoms with Crippen LogP contribution in [0.2, 0.25) is 0 Å². The predicted molar refractivity (Wildman–Crippen MR) is 183 cm³/mol. The number of carboxylic acid groups (broad SMARTS) is 1. The number of alkyl halides is 3. The number of likely N-dealkylation sites (tertiary alicyclic amines) is 1. The highest BCUT2D eigenvalue weighted by atomic mass is 19.4.